The second-order valence-corrected chi connectivity index (χ2v) is 7.42. The summed E-state index contributed by atoms with van der Waals surface area (Å²) in [7, 11) is 1.86. The first-order chi connectivity index (χ1) is 15.0. The molecule has 0 aliphatic heterocycles. The summed E-state index contributed by atoms with van der Waals surface area (Å²) in [5.41, 5.74) is 4.99. The molecule has 8 nitrogen and oxygen atoms in total. The normalized spacial score (nSPS) is 11.3. The summed E-state index contributed by atoms with van der Waals surface area (Å²) in [4.78, 5) is 14.3. The highest BCUT2D eigenvalue weighted by Gasteiger charge is 2.12. The van der Waals surface area contributed by atoms with Gasteiger partial charge in [0.1, 0.15) is 11.3 Å². The first-order valence-corrected chi connectivity index (χ1v) is 10.0. The van der Waals surface area contributed by atoms with Gasteiger partial charge in [-0.3, -0.25) is 0 Å². The first-order valence-electron chi connectivity index (χ1n) is 10.0. The molecular weight excluding hydrogens is 392 g/mol. The van der Waals surface area contributed by atoms with Crippen LogP contribution in [0.25, 0.3) is 33.5 Å². The smallest absolute Gasteiger partial charge is 0.344 e. The molecule has 0 bridgehead atoms. The summed E-state index contributed by atoms with van der Waals surface area (Å²) in [6, 6.07) is 15.2. The van der Waals surface area contributed by atoms with Crippen LogP contribution < -0.4 is 10.2 Å². The van der Waals surface area contributed by atoms with Crippen LogP contribution in [0.5, 0.6) is 0 Å². The Kier molecular flexibility index (Phi) is 4.47. The van der Waals surface area contributed by atoms with E-state index in [0.717, 1.165) is 40.1 Å². The molecule has 0 N–H and O–H groups in total. The van der Waals surface area contributed by atoms with Gasteiger partial charge in [-0.15, -0.1) is 4.68 Å². The van der Waals surface area contributed by atoms with E-state index in [-0.39, 0.29) is 5.63 Å². The quantitative estimate of drug-likeness (QED) is 0.334. The van der Waals surface area contributed by atoms with Gasteiger partial charge in [-0.2, -0.15) is 15.0 Å². The van der Waals surface area contributed by atoms with E-state index in [4.69, 9.17) is 4.42 Å². The molecule has 0 unspecified atom stereocenters. The summed E-state index contributed by atoms with van der Waals surface area (Å²) >= 11 is 0. The van der Waals surface area contributed by atoms with Crippen LogP contribution in [0, 0.1) is 6.92 Å². The van der Waals surface area contributed by atoms with Crippen LogP contribution in [0.4, 0.5) is 0 Å². The Morgan fingerprint density at radius 1 is 1.06 bits per heavy atom. The van der Waals surface area contributed by atoms with Crippen molar-refractivity contribution in [2.24, 2.45) is 7.05 Å². The maximum Gasteiger partial charge on any atom is 0.344 e. The number of rotatable bonds is 4. The van der Waals surface area contributed by atoms with E-state index in [9.17, 15) is 4.79 Å². The lowest BCUT2D eigenvalue weighted by Crippen LogP contribution is -2.27. The van der Waals surface area contributed by atoms with Gasteiger partial charge in [0, 0.05) is 16.6 Å². The molecule has 0 fully saturated rings. The van der Waals surface area contributed by atoms with Crippen LogP contribution in [-0.4, -0.2) is 24.8 Å². The van der Waals surface area contributed by atoms with Gasteiger partial charge >= 0.3 is 5.63 Å². The third kappa shape index (κ3) is 3.42. The van der Waals surface area contributed by atoms with E-state index in [1.54, 1.807) is 21.9 Å². The van der Waals surface area contributed by atoms with Crippen molar-refractivity contribution >= 4 is 11.0 Å². The standard InChI is InChI=1S/C23H21N6O2/c1-4-21-15(2)25-29(26-21)19-10-7-17-11-20(23(30)31-22(17)12-19)16-5-8-18(9-6-16)28-13-24-27(3)14-28/h5-14H,4H2,1-3H3/q+1. The molecule has 8 heteroatoms. The zero-order valence-electron chi connectivity index (χ0n) is 17.5. The fourth-order valence-electron chi connectivity index (χ4n) is 3.60. The molecule has 31 heavy (non-hydrogen) atoms. The highest BCUT2D eigenvalue weighted by Crippen LogP contribution is 2.23. The van der Waals surface area contributed by atoms with Gasteiger partial charge in [0.25, 0.3) is 6.33 Å². The van der Waals surface area contributed by atoms with Crippen LogP contribution in [0.2, 0.25) is 0 Å². The molecule has 3 heterocycles. The predicted molar refractivity (Wildman–Crippen MR) is 115 cm³/mol. The maximum absolute atomic E-state index is 12.7. The van der Waals surface area contributed by atoms with Crippen molar-refractivity contribution in [3.05, 3.63) is 83.0 Å². The third-order valence-corrected chi connectivity index (χ3v) is 5.29. The zero-order valence-corrected chi connectivity index (χ0v) is 17.5. The number of aromatic nitrogens is 6. The van der Waals surface area contributed by atoms with Crippen LogP contribution >= 0.6 is 0 Å². The van der Waals surface area contributed by atoms with E-state index in [0.29, 0.717) is 11.1 Å². The van der Waals surface area contributed by atoms with Gasteiger partial charge in [-0.1, -0.05) is 19.1 Å². The summed E-state index contributed by atoms with van der Waals surface area (Å²) < 4.78 is 9.28. The molecule has 154 valence electrons. The van der Waals surface area contributed by atoms with E-state index in [1.807, 2.05) is 74.3 Å². The fraction of sp³-hybridized carbons (Fsp3) is 0.174. The Balaban J connectivity index is 1.51. The highest BCUT2D eigenvalue weighted by molar-refractivity contribution is 5.83. The van der Waals surface area contributed by atoms with Gasteiger partial charge in [0.2, 0.25) is 6.33 Å². The van der Waals surface area contributed by atoms with Gasteiger partial charge < -0.3 is 4.42 Å². The van der Waals surface area contributed by atoms with Crippen molar-refractivity contribution in [2.75, 3.05) is 0 Å². The minimum atomic E-state index is -0.384. The van der Waals surface area contributed by atoms with Crippen LogP contribution in [-0.2, 0) is 13.5 Å². The summed E-state index contributed by atoms with van der Waals surface area (Å²) in [5.74, 6) is 0. The van der Waals surface area contributed by atoms with Crippen LogP contribution in [0.15, 0.2) is 70.4 Å². The number of benzene rings is 2. The van der Waals surface area contributed by atoms with Crippen molar-refractivity contribution in [3.8, 4) is 22.5 Å². The molecule has 2 aromatic carbocycles. The number of fused-ring (bicyclic) bond motifs is 1. The van der Waals surface area contributed by atoms with Crippen LogP contribution in [0.3, 0.4) is 0 Å². The monoisotopic (exact) mass is 413 g/mol. The molecule has 0 saturated carbocycles. The van der Waals surface area contributed by atoms with E-state index in [1.165, 1.54) is 0 Å². The second-order valence-electron chi connectivity index (χ2n) is 7.42. The number of hydrogen-bond donors (Lipinski definition) is 0. The highest BCUT2D eigenvalue weighted by atomic mass is 16.4. The van der Waals surface area contributed by atoms with Crippen molar-refractivity contribution in [1.82, 2.24) is 24.8 Å². The zero-order chi connectivity index (χ0) is 21.5. The average molecular weight is 413 g/mol. The lowest BCUT2D eigenvalue weighted by molar-refractivity contribution is -0.596. The molecule has 0 saturated heterocycles. The van der Waals surface area contributed by atoms with E-state index in [2.05, 4.69) is 15.3 Å². The third-order valence-electron chi connectivity index (χ3n) is 5.29. The van der Waals surface area contributed by atoms with Gasteiger partial charge in [0.15, 0.2) is 0 Å². The molecule has 0 amide bonds. The lowest BCUT2D eigenvalue weighted by atomic mass is 10.1. The van der Waals surface area contributed by atoms with Crippen molar-refractivity contribution in [2.45, 2.75) is 20.3 Å². The van der Waals surface area contributed by atoms with E-state index < -0.39 is 0 Å². The molecule has 5 rings (SSSR count). The number of nitrogens with zero attached hydrogens (tertiary/aromatic N) is 6. The minimum absolute atomic E-state index is 0.384. The van der Waals surface area contributed by atoms with E-state index >= 15 is 0 Å². The first kappa shape index (κ1) is 18.9. The largest absolute Gasteiger partial charge is 0.422 e. The molecule has 0 atom stereocenters. The topological polar surface area (TPSA) is 82.6 Å². The molecule has 0 aliphatic rings. The summed E-state index contributed by atoms with van der Waals surface area (Å²) in [6.07, 6.45) is 4.42. The predicted octanol–water partition coefficient (Wildman–Crippen LogP) is 2.92. The van der Waals surface area contributed by atoms with Gasteiger partial charge in [0.05, 0.1) is 29.7 Å². The van der Waals surface area contributed by atoms with Gasteiger partial charge in [-0.05, 0) is 49.2 Å². The average Bonchev–Trinajstić information content (AvgIpc) is 3.38. The maximum atomic E-state index is 12.7. The fourth-order valence-corrected chi connectivity index (χ4v) is 3.60. The summed E-state index contributed by atoms with van der Waals surface area (Å²) in [5, 5.41) is 14.0. The Labute approximate surface area is 178 Å². The van der Waals surface area contributed by atoms with Crippen molar-refractivity contribution in [3.63, 3.8) is 0 Å². The summed E-state index contributed by atoms with van der Waals surface area (Å²) in [6.45, 7) is 3.98. The Morgan fingerprint density at radius 2 is 1.87 bits per heavy atom. The second kappa shape index (κ2) is 7.32. The lowest BCUT2D eigenvalue weighted by Gasteiger charge is -2.05. The molecular formula is C23H21N6O2+. The molecule has 3 aromatic heterocycles. The Hall–Kier alpha value is -4.07. The Morgan fingerprint density at radius 3 is 2.55 bits per heavy atom. The van der Waals surface area contributed by atoms with Crippen molar-refractivity contribution in [1.29, 1.82) is 0 Å². The SMILES string of the molecule is CCc1nn(-c2ccc3cc(-c4ccc(-[n+]5cnn(C)c5)cc4)c(=O)oc3c2)nc1C. The Bertz CT molecular complexity index is 1460. The number of hydrogen-bond acceptors (Lipinski definition) is 5. The van der Waals surface area contributed by atoms with Gasteiger partial charge in [-0.25, -0.2) is 9.36 Å². The molecule has 0 aliphatic carbocycles. The molecule has 0 radical (unpaired) electrons. The molecule has 0 spiro atoms. The minimum Gasteiger partial charge on any atom is -0.422 e. The number of aryl methyl sites for hydroxylation is 3. The molecule has 5 aromatic rings. The van der Waals surface area contributed by atoms with Crippen LogP contribution in [0.1, 0.15) is 18.3 Å². The van der Waals surface area contributed by atoms with Crippen molar-refractivity contribution < 1.29 is 8.98 Å².